The van der Waals surface area contributed by atoms with Crippen molar-refractivity contribution in [2.75, 3.05) is 6.61 Å². The van der Waals surface area contributed by atoms with Gasteiger partial charge in [-0.05, 0) is 35.0 Å². The first-order valence-corrected chi connectivity index (χ1v) is 5.38. The highest BCUT2D eigenvalue weighted by atomic mass is 79.9. The molecule has 1 aromatic rings. The van der Waals surface area contributed by atoms with Gasteiger partial charge in [-0.2, -0.15) is 0 Å². The minimum absolute atomic E-state index is 0.233. The highest BCUT2D eigenvalue weighted by molar-refractivity contribution is 9.10. The van der Waals surface area contributed by atoms with Crippen molar-refractivity contribution in [1.82, 2.24) is 0 Å². The molecule has 0 atom stereocenters. The lowest BCUT2D eigenvalue weighted by atomic mass is 10.1. The quantitative estimate of drug-likeness (QED) is 0.635. The molecule has 0 aliphatic carbocycles. The molecule has 3 nitrogen and oxygen atoms in total. The molecular weight excluding hydrogens is 283 g/mol. The van der Waals surface area contributed by atoms with Crippen molar-refractivity contribution in [3.8, 4) is 0 Å². The second-order valence-corrected chi connectivity index (χ2v) is 3.95. The lowest BCUT2D eigenvalue weighted by molar-refractivity contribution is 0.0525. The van der Waals surface area contributed by atoms with Crippen LogP contribution in [-0.2, 0) is 4.74 Å². The maximum Gasteiger partial charge on any atom is 0.339 e. The topological polar surface area (TPSA) is 43.4 Å². The summed E-state index contributed by atoms with van der Waals surface area (Å²) in [5.74, 6) is -0.469. The second-order valence-electron chi connectivity index (χ2n) is 2.69. The molecule has 0 spiro atoms. The number of aldehydes is 1. The van der Waals surface area contributed by atoms with E-state index in [4.69, 9.17) is 16.3 Å². The van der Waals surface area contributed by atoms with Crippen LogP contribution < -0.4 is 0 Å². The molecule has 0 aliphatic heterocycles. The van der Waals surface area contributed by atoms with Gasteiger partial charge >= 0.3 is 5.97 Å². The normalized spacial score (nSPS) is 9.80. The SMILES string of the molecule is CCOC(=O)c1cc(Cl)c(C=O)cc1Br. The summed E-state index contributed by atoms with van der Waals surface area (Å²) >= 11 is 8.96. The largest absolute Gasteiger partial charge is 0.462 e. The van der Waals surface area contributed by atoms with Crippen LogP contribution >= 0.6 is 27.5 Å². The molecule has 0 unspecified atom stereocenters. The zero-order valence-corrected chi connectivity index (χ0v) is 10.3. The fourth-order valence-electron chi connectivity index (χ4n) is 1.02. The van der Waals surface area contributed by atoms with Gasteiger partial charge < -0.3 is 4.74 Å². The van der Waals surface area contributed by atoms with E-state index < -0.39 is 5.97 Å². The van der Waals surface area contributed by atoms with E-state index >= 15 is 0 Å². The molecule has 5 heteroatoms. The van der Waals surface area contributed by atoms with E-state index in [0.29, 0.717) is 28.5 Å². The van der Waals surface area contributed by atoms with E-state index in [1.54, 1.807) is 6.92 Å². The van der Waals surface area contributed by atoms with Crippen LogP contribution in [0.15, 0.2) is 16.6 Å². The Bertz CT molecular complexity index is 404. The third kappa shape index (κ3) is 2.79. The molecule has 0 bridgehead atoms. The lowest BCUT2D eigenvalue weighted by Gasteiger charge is -2.05. The van der Waals surface area contributed by atoms with Gasteiger partial charge in [-0.1, -0.05) is 11.6 Å². The molecular formula is C10H8BrClO3. The van der Waals surface area contributed by atoms with Crippen LogP contribution in [0, 0.1) is 0 Å². The van der Waals surface area contributed by atoms with Crippen LogP contribution in [0.2, 0.25) is 5.02 Å². The number of carbonyl (C=O) groups is 2. The van der Waals surface area contributed by atoms with E-state index in [2.05, 4.69) is 15.9 Å². The molecule has 1 rings (SSSR count). The zero-order valence-electron chi connectivity index (χ0n) is 7.92. The van der Waals surface area contributed by atoms with Gasteiger partial charge in [-0.3, -0.25) is 4.79 Å². The van der Waals surface area contributed by atoms with E-state index in [-0.39, 0.29) is 5.02 Å². The average Bonchev–Trinajstić information content (AvgIpc) is 2.21. The highest BCUT2D eigenvalue weighted by Crippen LogP contribution is 2.25. The summed E-state index contributed by atoms with van der Waals surface area (Å²) in [5, 5.41) is 0.233. The van der Waals surface area contributed by atoms with Crippen molar-refractivity contribution in [3.05, 3.63) is 32.8 Å². The molecule has 15 heavy (non-hydrogen) atoms. The first-order chi connectivity index (χ1) is 7.10. The van der Waals surface area contributed by atoms with Crippen LogP contribution in [0.4, 0.5) is 0 Å². The average molecular weight is 292 g/mol. The highest BCUT2D eigenvalue weighted by Gasteiger charge is 2.14. The molecule has 0 aromatic heterocycles. The summed E-state index contributed by atoms with van der Waals surface area (Å²) in [4.78, 5) is 22.0. The molecule has 1 aromatic carbocycles. The molecule has 0 aliphatic rings. The first kappa shape index (κ1) is 12.2. The van der Waals surface area contributed by atoms with E-state index in [1.165, 1.54) is 12.1 Å². The Morgan fingerprint density at radius 3 is 2.80 bits per heavy atom. The second kappa shape index (κ2) is 5.28. The number of benzene rings is 1. The number of esters is 1. The van der Waals surface area contributed by atoms with Crippen molar-refractivity contribution in [3.63, 3.8) is 0 Å². The van der Waals surface area contributed by atoms with Crippen molar-refractivity contribution in [1.29, 1.82) is 0 Å². The Hall–Kier alpha value is -0.870. The van der Waals surface area contributed by atoms with Gasteiger partial charge in [0.1, 0.15) is 0 Å². The number of hydrogen-bond donors (Lipinski definition) is 0. The van der Waals surface area contributed by atoms with Crippen LogP contribution in [0.3, 0.4) is 0 Å². The van der Waals surface area contributed by atoms with E-state index in [0.717, 1.165) is 0 Å². The van der Waals surface area contributed by atoms with Gasteiger partial charge in [-0.25, -0.2) is 4.79 Å². The fourth-order valence-corrected chi connectivity index (χ4v) is 1.75. The molecule has 0 saturated heterocycles. The molecule has 0 N–H and O–H groups in total. The summed E-state index contributed by atoms with van der Waals surface area (Å²) < 4.78 is 5.31. The Kier molecular flexibility index (Phi) is 4.29. The minimum atomic E-state index is -0.469. The smallest absolute Gasteiger partial charge is 0.339 e. The van der Waals surface area contributed by atoms with Crippen molar-refractivity contribution >= 4 is 39.8 Å². The van der Waals surface area contributed by atoms with Gasteiger partial charge in [0.25, 0.3) is 0 Å². The van der Waals surface area contributed by atoms with E-state index in [9.17, 15) is 9.59 Å². The molecule has 0 saturated carbocycles. The number of rotatable bonds is 3. The van der Waals surface area contributed by atoms with Crippen molar-refractivity contribution in [2.45, 2.75) is 6.92 Å². The van der Waals surface area contributed by atoms with Gasteiger partial charge in [0.2, 0.25) is 0 Å². The molecule has 0 radical (unpaired) electrons. The standard InChI is InChI=1S/C10H8BrClO3/c1-2-15-10(14)7-4-9(12)6(5-13)3-8(7)11/h3-5H,2H2,1H3. The Balaban J connectivity index is 3.15. The van der Waals surface area contributed by atoms with Crippen molar-refractivity contribution in [2.24, 2.45) is 0 Å². The number of halogens is 2. The summed E-state index contributed by atoms with van der Waals surface area (Å²) in [6.45, 7) is 2.01. The lowest BCUT2D eigenvalue weighted by Crippen LogP contribution is -2.06. The summed E-state index contributed by atoms with van der Waals surface area (Å²) in [7, 11) is 0. The summed E-state index contributed by atoms with van der Waals surface area (Å²) in [5.41, 5.74) is 0.643. The Morgan fingerprint density at radius 1 is 1.60 bits per heavy atom. The van der Waals surface area contributed by atoms with E-state index in [1.807, 2.05) is 0 Å². The van der Waals surface area contributed by atoms with Crippen LogP contribution in [0.25, 0.3) is 0 Å². The van der Waals surface area contributed by atoms with Crippen LogP contribution in [0.5, 0.6) is 0 Å². The predicted octanol–water partition coefficient (Wildman–Crippen LogP) is 3.09. The molecule has 80 valence electrons. The number of carbonyl (C=O) groups excluding carboxylic acids is 2. The number of ether oxygens (including phenoxy) is 1. The molecule has 0 amide bonds. The fraction of sp³-hybridized carbons (Fsp3) is 0.200. The molecule has 0 fully saturated rings. The van der Waals surface area contributed by atoms with Gasteiger partial charge in [-0.15, -0.1) is 0 Å². The minimum Gasteiger partial charge on any atom is -0.462 e. The van der Waals surface area contributed by atoms with Crippen LogP contribution in [0.1, 0.15) is 27.6 Å². The zero-order chi connectivity index (χ0) is 11.4. The third-order valence-electron chi connectivity index (χ3n) is 1.71. The Labute approximate surface area is 100 Å². The maximum atomic E-state index is 11.4. The number of hydrogen-bond acceptors (Lipinski definition) is 3. The first-order valence-electron chi connectivity index (χ1n) is 4.21. The van der Waals surface area contributed by atoms with Crippen molar-refractivity contribution < 1.29 is 14.3 Å². The van der Waals surface area contributed by atoms with Gasteiger partial charge in [0.15, 0.2) is 6.29 Å². The Morgan fingerprint density at radius 2 is 2.27 bits per heavy atom. The summed E-state index contributed by atoms with van der Waals surface area (Å²) in [6, 6.07) is 2.90. The predicted molar refractivity (Wildman–Crippen MR) is 60.5 cm³/mol. The van der Waals surface area contributed by atoms with Gasteiger partial charge in [0, 0.05) is 10.0 Å². The maximum absolute atomic E-state index is 11.4. The van der Waals surface area contributed by atoms with Gasteiger partial charge in [0.05, 0.1) is 17.2 Å². The van der Waals surface area contributed by atoms with Crippen LogP contribution in [-0.4, -0.2) is 18.9 Å². The molecule has 0 heterocycles. The third-order valence-corrected chi connectivity index (χ3v) is 2.69. The summed E-state index contributed by atoms with van der Waals surface area (Å²) in [6.07, 6.45) is 0.627. The monoisotopic (exact) mass is 290 g/mol.